The van der Waals surface area contributed by atoms with Crippen molar-refractivity contribution in [2.45, 2.75) is 38.6 Å². The van der Waals surface area contributed by atoms with E-state index in [4.69, 9.17) is 0 Å². The lowest BCUT2D eigenvalue weighted by Gasteiger charge is -2.25. The van der Waals surface area contributed by atoms with Gasteiger partial charge in [-0.1, -0.05) is 37.5 Å². The molecule has 0 amide bonds. The summed E-state index contributed by atoms with van der Waals surface area (Å²) in [5.74, 6) is 1.02. The Labute approximate surface area is 126 Å². The molecule has 0 saturated heterocycles. The van der Waals surface area contributed by atoms with E-state index < -0.39 is 0 Å². The minimum absolute atomic E-state index is 0.937. The highest BCUT2D eigenvalue weighted by Crippen LogP contribution is 2.30. The average molecular weight is 281 g/mol. The molecule has 1 aromatic heterocycles. The Hall–Kier alpha value is -1.74. The van der Waals surface area contributed by atoms with Gasteiger partial charge in [-0.15, -0.1) is 0 Å². The monoisotopic (exact) mass is 281 g/mol. The van der Waals surface area contributed by atoms with Gasteiger partial charge in [0, 0.05) is 24.5 Å². The number of hydrogen-bond donors (Lipinski definition) is 1. The predicted molar refractivity (Wildman–Crippen MR) is 85.7 cm³/mol. The van der Waals surface area contributed by atoms with Gasteiger partial charge in [-0.3, -0.25) is 0 Å². The Balaban J connectivity index is 1.47. The fourth-order valence-electron chi connectivity index (χ4n) is 2.84. The summed E-state index contributed by atoms with van der Waals surface area (Å²) in [5.41, 5.74) is 3.58. The van der Waals surface area contributed by atoms with E-state index in [-0.39, 0.29) is 0 Å². The molecular weight excluding hydrogens is 258 g/mol. The molecule has 3 heteroatoms. The molecule has 1 aliphatic carbocycles. The van der Waals surface area contributed by atoms with Crippen LogP contribution in [0.1, 0.15) is 37.7 Å². The molecule has 0 radical (unpaired) electrons. The van der Waals surface area contributed by atoms with Crippen LogP contribution in [0, 0.1) is 5.92 Å². The van der Waals surface area contributed by atoms with Crippen molar-refractivity contribution in [1.82, 2.24) is 15.3 Å². The predicted octanol–water partition coefficient (Wildman–Crippen LogP) is 3.81. The van der Waals surface area contributed by atoms with Crippen LogP contribution in [-0.2, 0) is 6.54 Å². The molecule has 2 aromatic rings. The molecule has 1 saturated carbocycles. The second-order valence-corrected chi connectivity index (χ2v) is 5.94. The van der Waals surface area contributed by atoms with E-state index >= 15 is 0 Å². The summed E-state index contributed by atoms with van der Waals surface area (Å²) in [6.07, 6.45) is 12.4. The zero-order valence-electron chi connectivity index (χ0n) is 12.5. The van der Waals surface area contributed by atoms with Crippen LogP contribution in [-0.4, -0.2) is 16.5 Å². The number of nitrogens with one attached hydrogen (secondary N) is 1. The summed E-state index contributed by atoms with van der Waals surface area (Å²) in [5, 5.41) is 3.55. The first-order valence-electron chi connectivity index (χ1n) is 7.97. The summed E-state index contributed by atoms with van der Waals surface area (Å²) in [7, 11) is 0. The molecule has 21 heavy (non-hydrogen) atoms. The maximum Gasteiger partial charge on any atom is 0.115 e. The lowest BCUT2D eigenvalue weighted by molar-refractivity contribution is 0.288. The summed E-state index contributed by atoms with van der Waals surface area (Å²) >= 11 is 0. The van der Waals surface area contributed by atoms with Gasteiger partial charge in [-0.05, 0) is 42.5 Å². The third-order valence-electron chi connectivity index (χ3n) is 4.34. The van der Waals surface area contributed by atoms with Gasteiger partial charge in [0.2, 0.25) is 0 Å². The van der Waals surface area contributed by atoms with Gasteiger partial charge in [0.25, 0.3) is 0 Å². The maximum absolute atomic E-state index is 4.08. The quantitative estimate of drug-likeness (QED) is 0.784. The van der Waals surface area contributed by atoms with Crippen LogP contribution in [0.2, 0.25) is 0 Å². The molecule has 0 bridgehead atoms. The van der Waals surface area contributed by atoms with Crippen LogP contribution < -0.4 is 5.32 Å². The molecule has 0 aliphatic heterocycles. The topological polar surface area (TPSA) is 37.8 Å². The fourth-order valence-corrected chi connectivity index (χ4v) is 2.84. The summed E-state index contributed by atoms with van der Waals surface area (Å²) < 4.78 is 0. The third-order valence-corrected chi connectivity index (χ3v) is 4.34. The molecule has 0 atom stereocenters. The Morgan fingerprint density at radius 1 is 1.10 bits per heavy atom. The first-order valence-corrected chi connectivity index (χ1v) is 7.97. The summed E-state index contributed by atoms with van der Waals surface area (Å²) in [4.78, 5) is 8.16. The van der Waals surface area contributed by atoms with Crippen LogP contribution in [0.5, 0.6) is 0 Å². The molecule has 3 rings (SSSR count). The lowest BCUT2D eigenvalue weighted by atomic mass is 9.82. The Morgan fingerprint density at radius 2 is 1.95 bits per heavy atom. The minimum Gasteiger partial charge on any atom is -0.313 e. The van der Waals surface area contributed by atoms with E-state index in [0.29, 0.717) is 0 Å². The Bertz CT molecular complexity index is 549. The van der Waals surface area contributed by atoms with Crippen molar-refractivity contribution >= 4 is 0 Å². The first-order chi connectivity index (χ1) is 10.4. The minimum atomic E-state index is 0.937. The number of nitrogens with zero attached hydrogens (tertiary/aromatic N) is 2. The van der Waals surface area contributed by atoms with E-state index in [1.54, 1.807) is 6.33 Å². The van der Waals surface area contributed by atoms with E-state index in [1.165, 1.54) is 43.2 Å². The zero-order chi connectivity index (χ0) is 14.3. The van der Waals surface area contributed by atoms with Crippen molar-refractivity contribution in [3.63, 3.8) is 0 Å². The van der Waals surface area contributed by atoms with E-state index in [0.717, 1.165) is 24.6 Å². The van der Waals surface area contributed by atoms with Crippen molar-refractivity contribution in [2.24, 2.45) is 5.92 Å². The molecule has 110 valence electrons. The highest BCUT2D eigenvalue weighted by molar-refractivity contribution is 5.62. The standard InChI is InChI=1S/C18H23N3/c1-4-15(5-1)7-3-9-19-11-16-6-2-8-17(10-16)18-12-20-14-21-13-18/h2,6,8,10,12-15,19H,1,3-5,7,9,11H2. The first kappa shape index (κ1) is 14.2. The van der Waals surface area contributed by atoms with Gasteiger partial charge in [0.15, 0.2) is 0 Å². The van der Waals surface area contributed by atoms with Gasteiger partial charge < -0.3 is 5.32 Å². The molecule has 1 aliphatic rings. The molecule has 1 N–H and O–H groups in total. The molecule has 1 heterocycles. The SMILES string of the molecule is c1cc(CNCCCC2CCC2)cc(-c2cncnc2)c1. The number of hydrogen-bond acceptors (Lipinski definition) is 3. The highest BCUT2D eigenvalue weighted by atomic mass is 14.8. The van der Waals surface area contributed by atoms with Gasteiger partial charge >= 0.3 is 0 Å². The molecule has 0 unspecified atom stereocenters. The Morgan fingerprint density at radius 3 is 2.71 bits per heavy atom. The van der Waals surface area contributed by atoms with Crippen molar-refractivity contribution in [3.8, 4) is 11.1 Å². The van der Waals surface area contributed by atoms with E-state index in [2.05, 4.69) is 39.6 Å². The van der Waals surface area contributed by atoms with Crippen molar-refractivity contribution in [2.75, 3.05) is 6.54 Å². The van der Waals surface area contributed by atoms with Crippen molar-refractivity contribution in [1.29, 1.82) is 0 Å². The molecular formula is C18H23N3. The average Bonchev–Trinajstić information content (AvgIpc) is 2.50. The highest BCUT2D eigenvalue weighted by Gasteiger charge is 2.15. The summed E-state index contributed by atoms with van der Waals surface area (Å²) in [6, 6.07) is 8.61. The number of rotatable bonds is 7. The maximum atomic E-state index is 4.08. The van der Waals surface area contributed by atoms with E-state index in [1.807, 2.05) is 12.4 Å². The zero-order valence-corrected chi connectivity index (χ0v) is 12.5. The number of benzene rings is 1. The van der Waals surface area contributed by atoms with E-state index in [9.17, 15) is 0 Å². The van der Waals surface area contributed by atoms with Crippen molar-refractivity contribution < 1.29 is 0 Å². The second kappa shape index (κ2) is 7.32. The Kier molecular flexibility index (Phi) is 4.95. The third kappa shape index (κ3) is 4.11. The van der Waals surface area contributed by atoms with Crippen LogP contribution >= 0.6 is 0 Å². The molecule has 1 aromatic carbocycles. The van der Waals surface area contributed by atoms with Gasteiger partial charge in [0.1, 0.15) is 6.33 Å². The normalized spacial score (nSPS) is 14.9. The van der Waals surface area contributed by atoms with Gasteiger partial charge in [-0.2, -0.15) is 0 Å². The van der Waals surface area contributed by atoms with Crippen LogP contribution in [0.3, 0.4) is 0 Å². The molecule has 0 spiro atoms. The fraction of sp³-hybridized carbons (Fsp3) is 0.444. The van der Waals surface area contributed by atoms with Crippen LogP contribution in [0.15, 0.2) is 43.0 Å². The van der Waals surface area contributed by atoms with Gasteiger partial charge in [-0.25, -0.2) is 9.97 Å². The molecule has 1 fully saturated rings. The largest absolute Gasteiger partial charge is 0.313 e. The molecule has 3 nitrogen and oxygen atoms in total. The van der Waals surface area contributed by atoms with Crippen molar-refractivity contribution in [3.05, 3.63) is 48.5 Å². The van der Waals surface area contributed by atoms with Gasteiger partial charge in [0.05, 0.1) is 0 Å². The van der Waals surface area contributed by atoms with Crippen LogP contribution in [0.4, 0.5) is 0 Å². The second-order valence-electron chi connectivity index (χ2n) is 5.94. The van der Waals surface area contributed by atoms with Crippen LogP contribution in [0.25, 0.3) is 11.1 Å². The smallest absolute Gasteiger partial charge is 0.115 e. The lowest BCUT2D eigenvalue weighted by Crippen LogP contribution is -2.17. The number of aromatic nitrogens is 2. The summed E-state index contributed by atoms with van der Waals surface area (Å²) in [6.45, 7) is 2.06.